The monoisotopic (exact) mass is 280 g/mol. The Morgan fingerprint density at radius 2 is 2.00 bits per heavy atom. The fraction of sp³-hybridized carbons (Fsp3) is 0.294. The highest BCUT2D eigenvalue weighted by atomic mass is 15.1. The van der Waals surface area contributed by atoms with Gasteiger partial charge in [-0.25, -0.2) is 4.98 Å². The van der Waals surface area contributed by atoms with E-state index in [-0.39, 0.29) is 6.04 Å². The van der Waals surface area contributed by atoms with Crippen LogP contribution in [0.1, 0.15) is 23.1 Å². The quantitative estimate of drug-likeness (QED) is 0.799. The number of aryl methyl sites for hydroxylation is 2. The van der Waals surface area contributed by atoms with Crippen LogP contribution in [0.15, 0.2) is 42.6 Å². The first-order valence-corrected chi connectivity index (χ1v) is 7.20. The molecular formula is C17H20N4. The maximum atomic E-state index is 4.75. The minimum absolute atomic E-state index is 0.168. The predicted octanol–water partition coefficient (Wildman–Crippen LogP) is 2.78. The summed E-state index contributed by atoms with van der Waals surface area (Å²) in [7, 11) is 4.05. The molecule has 0 radical (unpaired) electrons. The van der Waals surface area contributed by atoms with Gasteiger partial charge in [0, 0.05) is 19.7 Å². The molecule has 4 heteroatoms. The van der Waals surface area contributed by atoms with E-state index in [0.29, 0.717) is 0 Å². The Bertz CT molecular complexity index is 760. The molecule has 3 rings (SSSR count). The highest BCUT2D eigenvalue weighted by molar-refractivity contribution is 5.75. The third kappa shape index (κ3) is 2.54. The molecule has 21 heavy (non-hydrogen) atoms. The van der Waals surface area contributed by atoms with Crippen LogP contribution in [0.25, 0.3) is 11.0 Å². The van der Waals surface area contributed by atoms with E-state index in [9.17, 15) is 0 Å². The molecule has 1 N–H and O–H groups in total. The lowest BCUT2D eigenvalue weighted by Gasteiger charge is -2.17. The van der Waals surface area contributed by atoms with Gasteiger partial charge in [-0.15, -0.1) is 0 Å². The summed E-state index contributed by atoms with van der Waals surface area (Å²) in [5, 5.41) is 3.36. The molecule has 0 aliphatic carbocycles. The summed E-state index contributed by atoms with van der Waals surface area (Å²) in [5.74, 6) is 1.07. The zero-order valence-corrected chi connectivity index (χ0v) is 12.7. The van der Waals surface area contributed by atoms with Gasteiger partial charge in [-0.05, 0) is 37.7 Å². The minimum atomic E-state index is 0.168. The molecule has 0 amide bonds. The van der Waals surface area contributed by atoms with Crippen LogP contribution >= 0.6 is 0 Å². The van der Waals surface area contributed by atoms with E-state index in [2.05, 4.69) is 47.0 Å². The normalized spacial score (nSPS) is 12.7. The van der Waals surface area contributed by atoms with Crippen LogP contribution in [0.4, 0.5) is 0 Å². The van der Waals surface area contributed by atoms with E-state index in [0.717, 1.165) is 23.5 Å². The smallest absolute Gasteiger partial charge is 0.111 e. The van der Waals surface area contributed by atoms with Crippen LogP contribution in [-0.2, 0) is 13.5 Å². The molecule has 108 valence electrons. The van der Waals surface area contributed by atoms with E-state index in [1.165, 1.54) is 11.1 Å². The van der Waals surface area contributed by atoms with Crippen LogP contribution in [-0.4, -0.2) is 21.6 Å². The van der Waals surface area contributed by atoms with Crippen molar-refractivity contribution in [2.24, 2.45) is 7.05 Å². The Labute approximate surface area is 124 Å². The molecule has 0 spiro atoms. The maximum absolute atomic E-state index is 4.75. The Hall–Kier alpha value is -2.20. The third-order valence-electron chi connectivity index (χ3n) is 3.99. The Kier molecular flexibility index (Phi) is 3.71. The SMILES string of the molecule is CNC(Cc1nc2ccccc2n1C)c1ncccc1C. The largest absolute Gasteiger partial charge is 0.331 e. The molecule has 0 aliphatic rings. The fourth-order valence-corrected chi connectivity index (χ4v) is 2.76. The Balaban J connectivity index is 1.96. The molecule has 0 saturated heterocycles. The number of pyridine rings is 1. The van der Waals surface area contributed by atoms with Crippen LogP contribution in [0.2, 0.25) is 0 Å². The summed E-state index contributed by atoms with van der Waals surface area (Å²) in [6.07, 6.45) is 2.67. The van der Waals surface area contributed by atoms with Gasteiger partial charge in [0.25, 0.3) is 0 Å². The average Bonchev–Trinajstić information content (AvgIpc) is 2.82. The van der Waals surface area contributed by atoms with Crippen molar-refractivity contribution in [2.75, 3.05) is 7.05 Å². The van der Waals surface area contributed by atoms with Crippen molar-refractivity contribution in [2.45, 2.75) is 19.4 Å². The molecule has 3 aromatic rings. The minimum Gasteiger partial charge on any atom is -0.331 e. The highest BCUT2D eigenvalue weighted by Crippen LogP contribution is 2.21. The number of likely N-dealkylation sites (N-methyl/N-ethyl adjacent to an activating group) is 1. The zero-order chi connectivity index (χ0) is 14.8. The molecule has 1 aromatic carbocycles. The van der Waals surface area contributed by atoms with Crippen molar-refractivity contribution in [3.8, 4) is 0 Å². The summed E-state index contributed by atoms with van der Waals surface area (Å²) in [6.45, 7) is 2.10. The standard InChI is InChI=1S/C17H20N4/c1-12-7-6-10-19-17(12)14(18-2)11-16-20-13-8-4-5-9-15(13)21(16)3/h4-10,14,18H,11H2,1-3H3. The number of nitrogens with one attached hydrogen (secondary N) is 1. The van der Waals surface area contributed by atoms with Crippen LogP contribution in [0.3, 0.4) is 0 Å². The summed E-state index contributed by atoms with van der Waals surface area (Å²) >= 11 is 0. The summed E-state index contributed by atoms with van der Waals surface area (Å²) in [5.41, 5.74) is 4.50. The van der Waals surface area contributed by atoms with E-state index < -0.39 is 0 Å². The van der Waals surface area contributed by atoms with Gasteiger partial charge in [-0.2, -0.15) is 0 Å². The van der Waals surface area contributed by atoms with Gasteiger partial charge in [0.05, 0.1) is 22.8 Å². The molecule has 1 atom stereocenters. The van der Waals surface area contributed by atoms with Gasteiger partial charge in [0.2, 0.25) is 0 Å². The topological polar surface area (TPSA) is 42.7 Å². The van der Waals surface area contributed by atoms with Crippen molar-refractivity contribution in [1.82, 2.24) is 19.9 Å². The summed E-state index contributed by atoms with van der Waals surface area (Å²) in [4.78, 5) is 9.28. The molecule has 2 heterocycles. The first kappa shape index (κ1) is 13.8. The van der Waals surface area contributed by atoms with Crippen molar-refractivity contribution >= 4 is 11.0 Å². The van der Waals surface area contributed by atoms with Gasteiger partial charge in [-0.1, -0.05) is 18.2 Å². The first-order chi connectivity index (χ1) is 10.2. The third-order valence-corrected chi connectivity index (χ3v) is 3.99. The van der Waals surface area contributed by atoms with Crippen LogP contribution < -0.4 is 5.32 Å². The highest BCUT2D eigenvalue weighted by Gasteiger charge is 2.17. The number of nitrogens with zero attached hydrogens (tertiary/aromatic N) is 3. The Morgan fingerprint density at radius 1 is 1.19 bits per heavy atom. The van der Waals surface area contributed by atoms with Crippen molar-refractivity contribution < 1.29 is 0 Å². The number of fused-ring (bicyclic) bond motifs is 1. The van der Waals surface area contributed by atoms with E-state index in [1.807, 2.05) is 31.4 Å². The number of benzene rings is 1. The molecule has 0 saturated carbocycles. The second kappa shape index (κ2) is 5.66. The average molecular weight is 280 g/mol. The molecule has 1 unspecified atom stereocenters. The molecule has 2 aromatic heterocycles. The van der Waals surface area contributed by atoms with Crippen LogP contribution in [0, 0.1) is 6.92 Å². The lowest BCUT2D eigenvalue weighted by atomic mass is 10.0. The number of hydrogen-bond acceptors (Lipinski definition) is 3. The van der Waals surface area contributed by atoms with Gasteiger partial charge >= 0.3 is 0 Å². The van der Waals surface area contributed by atoms with Crippen LogP contribution in [0.5, 0.6) is 0 Å². The molecule has 0 aliphatic heterocycles. The number of aromatic nitrogens is 3. The van der Waals surface area contributed by atoms with Gasteiger partial charge in [0.15, 0.2) is 0 Å². The predicted molar refractivity (Wildman–Crippen MR) is 85.2 cm³/mol. The van der Waals surface area contributed by atoms with E-state index >= 15 is 0 Å². The molecular weight excluding hydrogens is 260 g/mol. The lowest BCUT2D eigenvalue weighted by Crippen LogP contribution is -2.22. The van der Waals surface area contributed by atoms with E-state index in [1.54, 1.807) is 0 Å². The first-order valence-electron chi connectivity index (χ1n) is 7.20. The number of hydrogen-bond donors (Lipinski definition) is 1. The van der Waals surface area contributed by atoms with Crippen molar-refractivity contribution in [3.63, 3.8) is 0 Å². The lowest BCUT2D eigenvalue weighted by molar-refractivity contribution is 0.549. The van der Waals surface area contributed by atoms with Gasteiger partial charge in [-0.3, -0.25) is 4.98 Å². The van der Waals surface area contributed by atoms with Gasteiger partial charge in [0.1, 0.15) is 5.82 Å². The number of imidazole rings is 1. The summed E-state index contributed by atoms with van der Waals surface area (Å²) in [6, 6.07) is 12.5. The Morgan fingerprint density at radius 3 is 2.71 bits per heavy atom. The second-order valence-electron chi connectivity index (χ2n) is 5.33. The maximum Gasteiger partial charge on any atom is 0.111 e. The zero-order valence-electron chi connectivity index (χ0n) is 12.7. The molecule has 0 fully saturated rings. The molecule has 4 nitrogen and oxygen atoms in total. The number of rotatable bonds is 4. The second-order valence-corrected chi connectivity index (χ2v) is 5.33. The fourth-order valence-electron chi connectivity index (χ4n) is 2.76. The van der Waals surface area contributed by atoms with E-state index in [4.69, 9.17) is 4.98 Å². The van der Waals surface area contributed by atoms with Gasteiger partial charge < -0.3 is 9.88 Å². The molecule has 0 bridgehead atoms. The number of para-hydroxylation sites is 2. The summed E-state index contributed by atoms with van der Waals surface area (Å²) < 4.78 is 2.16. The van der Waals surface area contributed by atoms with Crippen molar-refractivity contribution in [3.05, 3.63) is 59.7 Å². The van der Waals surface area contributed by atoms with Crippen molar-refractivity contribution in [1.29, 1.82) is 0 Å².